The average molecular weight is 290 g/mol. The van der Waals surface area contributed by atoms with Gasteiger partial charge in [-0.1, -0.05) is 62.7 Å². The van der Waals surface area contributed by atoms with Crippen LogP contribution in [0.4, 0.5) is 5.82 Å². The van der Waals surface area contributed by atoms with Crippen molar-refractivity contribution in [2.75, 3.05) is 11.9 Å². The lowest BCUT2D eigenvalue weighted by Crippen LogP contribution is -2.12. The van der Waals surface area contributed by atoms with Crippen LogP contribution in [0.1, 0.15) is 44.0 Å². The van der Waals surface area contributed by atoms with E-state index in [1.54, 1.807) is 6.07 Å². The van der Waals surface area contributed by atoms with Gasteiger partial charge in [0.05, 0.1) is 0 Å². The number of rotatable bonds is 5. The van der Waals surface area contributed by atoms with Gasteiger partial charge in [-0.3, -0.25) is 0 Å². The fourth-order valence-corrected chi connectivity index (χ4v) is 2.13. The zero-order valence-corrected chi connectivity index (χ0v) is 12.9. The number of hydrogen-bond acceptors (Lipinski definition) is 3. The van der Waals surface area contributed by atoms with Gasteiger partial charge in [0, 0.05) is 18.5 Å². The predicted molar refractivity (Wildman–Crippen MR) is 84.5 cm³/mol. The lowest BCUT2D eigenvalue weighted by atomic mass is 10.0. The number of nitrogens with zero attached hydrogens (tertiary/aromatic N) is 2. The molecule has 1 aromatic carbocycles. The molecule has 106 valence electrons. The fourth-order valence-electron chi connectivity index (χ4n) is 1.94. The van der Waals surface area contributed by atoms with Crippen LogP contribution < -0.4 is 5.32 Å². The molecular weight excluding hydrogens is 270 g/mol. The predicted octanol–water partition coefficient (Wildman–Crippen LogP) is 4.47. The Bertz CT molecular complexity index is 555. The van der Waals surface area contributed by atoms with Crippen LogP contribution in [0.2, 0.25) is 5.15 Å². The van der Waals surface area contributed by atoms with E-state index in [1.165, 1.54) is 5.56 Å². The van der Waals surface area contributed by atoms with E-state index in [0.29, 0.717) is 11.1 Å². The first-order valence-corrected chi connectivity index (χ1v) is 7.27. The van der Waals surface area contributed by atoms with E-state index in [-0.39, 0.29) is 5.92 Å². The molecule has 1 N–H and O–H groups in total. The molecule has 0 spiro atoms. The van der Waals surface area contributed by atoms with Crippen molar-refractivity contribution in [2.24, 2.45) is 0 Å². The molecule has 2 aromatic rings. The first-order chi connectivity index (χ1) is 9.56. The maximum absolute atomic E-state index is 6.04. The molecule has 1 aromatic heterocycles. The summed E-state index contributed by atoms with van der Waals surface area (Å²) in [5.74, 6) is 2.23. The Morgan fingerprint density at radius 2 is 1.80 bits per heavy atom. The summed E-state index contributed by atoms with van der Waals surface area (Å²) in [6.45, 7) is 7.12. The van der Waals surface area contributed by atoms with Gasteiger partial charge in [0.15, 0.2) is 0 Å². The van der Waals surface area contributed by atoms with Crippen LogP contribution >= 0.6 is 11.6 Å². The van der Waals surface area contributed by atoms with E-state index < -0.39 is 0 Å². The standard InChI is InChI=1S/C16H20ClN3/c1-11(2)16-19-14(17)9-15(20-16)18-10-12(3)13-7-5-4-6-8-13/h4-9,11-12H,10H2,1-3H3,(H,18,19,20). The molecule has 0 aliphatic carbocycles. The maximum Gasteiger partial charge on any atom is 0.135 e. The third-order valence-corrected chi connectivity index (χ3v) is 3.38. The van der Waals surface area contributed by atoms with Gasteiger partial charge in [-0.05, 0) is 11.5 Å². The zero-order chi connectivity index (χ0) is 14.5. The Kier molecular flexibility index (Phi) is 4.96. The Balaban J connectivity index is 2.04. The highest BCUT2D eigenvalue weighted by molar-refractivity contribution is 6.29. The third-order valence-electron chi connectivity index (χ3n) is 3.19. The van der Waals surface area contributed by atoms with Crippen LogP contribution in [0.3, 0.4) is 0 Å². The molecule has 0 radical (unpaired) electrons. The van der Waals surface area contributed by atoms with Crippen molar-refractivity contribution in [1.29, 1.82) is 0 Å². The summed E-state index contributed by atoms with van der Waals surface area (Å²) in [7, 11) is 0. The summed E-state index contributed by atoms with van der Waals surface area (Å²) in [5.41, 5.74) is 1.31. The molecule has 3 nitrogen and oxygen atoms in total. The largest absolute Gasteiger partial charge is 0.369 e. The molecule has 0 saturated heterocycles. The maximum atomic E-state index is 6.04. The van der Waals surface area contributed by atoms with Gasteiger partial charge in [-0.15, -0.1) is 0 Å². The van der Waals surface area contributed by atoms with Crippen LogP contribution in [0.15, 0.2) is 36.4 Å². The number of hydrogen-bond donors (Lipinski definition) is 1. The topological polar surface area (TPSA) is 37.8 Å². The molecule has 2 rings (SSSR count). The molecular formula is C16H20ClN3. The number of nitrogens with one attached hydrogen (secondary N) is 1. The number of halogens is 1. The summed E-state index contributed by atoms with van der Waals surface area (Å²) in [6, 6.07) is 12.2. The monoisotopic (exact) mass is 289 g/mol. The lowest BCUT2D eigenvalue weighted by Gasteiger charge is -2.14. The van der Waals surface area contributed by atoms with Crippen LogP contribution in [0.25, 0.3) is 0 Å². The molecule has 0 saturated carbocycles. The van der Waals surface area contributed by atoms with Gasteiger partial charge in [0.25, 0.3) is 0 Å². The second kappa shape index (κ2) is 6.71. The van der Waals surface area contributed by atoms with Crippen molar-refractivity contribution in [3.63, 3.8) is 0 Å². The Morgan fingerprint density at radius 1 is 1.10 bits per heavy atom. The summed E-state index contributed by atoms with van der Waals surface area (Å²) in [6.07, 6.45) is 0. The summed E-state index contributed by atoms with van der Waals surface area (Å²) in [4.78, 5) is 8.72. The average Bonchev–Trinajstić information content (AvgIpc) is 2.45. The first-order valence-electron chi connectivity index (χ1n) is 6.89. The zero-order valence-electron chi connectivity index (χ0n) is 12.1. The third kappa shape index (κ3) is 3.94. The van der Waals surface area contributed by atoms with Crippen LogP contribution in [-0.2, 0) is 0 Å². The molecule has 1 atom stereocenters. The van der Waals surface area contributed by atoms with Gasteiger partial charge in [-0.2, -0.15) is 0 Å². The molecule has 0 aliphatic rings. The summed E-state index contributed by atoms with van der Waals surface area (Å²) < 4.78 is 0. The molecule has 20 heavy (non-hydrogen) atoms. The van der Waals surface area contributed by atoms with E-state index in [4.69, 9.17) is 11.6 Å². The molecule has 4 heteroatoms. The summed E-state index contributed by atoms with van der Waals surface area (Å²) >= 11 is 6.04. The Morgan fingerprint density at radius 3 is 2.45 bits per heavy atom. The van der Waals surface area contributed by atoms with E-state index in [9.17, 15) is 0 Å². The van der Waals surface area contributed by atoms with Crippen molar-refractivity contribution in [3.05, 3.63) is 52.9 Å². The first kappa shape index (κ1) is 14.8. The normalized spacial score (nSPS) is 12.4. The minimum atomic E-state index is 0.265. The van der Waals surface area contributed by atoms with Crippen molar-refractivity contribution < 1.29 is 0 Å². The van der Waals surface area contributed by atoms with E-state index in [2.05, 4.69) is 60.3 Å². The second-order valence-electron chi connectivity index (χ2n) is 5.28. The van der Waals surface area contributed by atoms with E-state index in [1.807, 2.05) is 6.07 Å². The number of anilines is 1. The van der Waals surface area contributed by atoms with Crippen molar-refractivity contribution in [1.82, 2.24) is 9.97 Å². The van der Waals surface area contributed by atoms with E-state index in [0.717, 1.165) is 18.2 Å². The minimum absolute atomic E-state index is 0.265. The van der Waals surface area contributed by atoms with Gasteiger partial charge in [0.2, 0.25) is 0 Å². The van der Waals surface area contributed by atoms with Gasteiger partial charge < -0.3 is 5.32 Å². The molecule has 0 bridgehead atoms. The SMILES string of the molecule is CC(C)c1nc(Cl)cc(NCC(C)c2ccccc2)n1. The van der Waals surface area contributed by atoms with Crippen molar-refractivity contribution in [3.8, 4) is 0 Å². The highest BCUT2D eigenvalue weighted by Crippen LogP contribution is 2.19. The highest BCUT2D eigenvalue weighted by Gasteiger charge is 2.09. The molecule has 0 aliphatic heterocycles. The summed E-state index contributed by atoms with van der Waals surface area (Å²) in [5, 5.41) is 3.83. The van der Waals surface area contributed by atoms with Crippen LogP contribution in [-0.4, -0.2) is 16.5 Å². The van der Waals surface area contributed by atoms with Crippen molar-refractivity contribution in [2.45, 2.75) is 32.6 Å². The highest BCUT2D eigenvalue weighted by atomic mass is 35.5. The molecule has 0 amide bonds. The number of aromatic nitrogens is 2. The molecule has 0 fully saturated rings. The Labute approximate surface area is 125 Å². The second-order valence-corrected chi connectivity index (χ2v) is 5.67. The fraction of sp³-hybridized carbons (Fsp3) is 0.375. The van der Waals surface area contributed by atoms with Crippen LogP contribution in [0.5, 0.6) is 0 Å². The molecule has 1 unspecified atom stereocenters. The number of benzene rings is 1. The minimum Gasteiger partial charge on any atom is -0.369 e. The van der Waals surface area contributed by atoms with Gasteiger partial charge in [0.1, 0.15) is 16.8 Å². The van der Waals surface area contributed by atoms with Crippen molar-refractivity contribution >= 4 is 17.4 Å². The van der Waals surface area contributed by atoms with E-state index >= 15 is 0 Å². The van der Waals surface area contributed by atoms with Gasteiger partial charge in [-0.25, -0.2) is 9.97 Å². The Hall–Kier alpha value is -1.61. The van der Waals surface area contributed by atoms with Crippen LogP contribution in [0, 0.1) is 0 Å². The lowest BCUT2D eigenvalue weighted by molar-refractivity contribution is 0.765. The molecule has 1 heterocycles. The smallest absolute Gasteiger partial charge is 0.135 e. The quantitative estimate of drug-likeness (QED) is 0.825. The van der Waals surface area contributed by atoms with Gasteiger partial charge >= 0.3 is 0 Å².